The number of aromatic nitrogens is 2. The summed E-state index contributed by atoms with van der Waals surface area (Å²) in [6.45, 7) is 1.59. The second-order valence-corrected chi connectivity index (χ2v) is 5.12. The van der Waals surface area contributed by atoms with Gasteiger partial charge in [-0.15, -0.1) is 0 Å². The van der Waals surface area contributed by atoms with Crippen molar-refractivity contribution in [1.82, 2.24) is 14.9 Å². The molecule has 2 atom stereocenters. The first-order valence-corrected chi connectivity index (χ1v) is 6.60. The average Bonchev–Trinajstić information content (AvgIpc) is 2.92. The van der Waals surface area contributed by atoms with Crippen LogP contribution in [-0.2, 0) is 4.74 Å². The Bertz CT molecular complexity index is 459. The fourth-order valence-corrected chi connectivity index (χ4v) is 2.88. The Labute approximate surface area is 111 Å². The van der Waals surface area contributed by atoms with Gasteiger partial charge in [0.05, 0.1) is 12.6 Å². The molecule has 0 aromatic carbocycles. The van der Waals surface area contributed by atoms with Crippen LogP contribution < -0.4 is 0 Å². The molecular weight excluding hydrogens is 246 g/mol. The maximum absolute atomic E-state index is 12.3. The highest BCUT2D eigenvalue weighted by molar-refractivity contribution is 5.90. The predicted molar refractivity (Wildman–Crippen MR) is 66.5 cm³/mol. The van der Waals surface area contributed by atoms with Gasteiger partial charge in [0.1, 0.15) is 5.60 Å². The molecule has 1 spiro atoms. The molecule has 2 fully saturated rings. The van der Waals surface area contributed by atoms with Gasteiger partial charge in [-0.2, -0.15) is 0 Å². The highest BCUT2D eigenvalue weighted by Crippen LogP contribution is 2.35. The highest BCUT2D eigenvalue weighted by Gasteiger charge is 2.47. The summed E-state index contributed by atoms with van der Waals surface area (Å²) in [7, 11) is 0. The van der Waals surface area contributed by atoms with E-state index in [-0.39, 0.29) is 11.7 Å². The number of nitrogens with zero attached hydrogens (tertiary/aromatic N) is 3. The van der Waals surface area contributed by atoms with E-state index in [1.165, 1.54) is 0 Å². The maximum Gasteiger partial charge on any atom is 0.291 e. The van der Waals surface area contributed by atoms with Crippen molar-refractivity contribution >= 4 is 5.91 Å². The minimum atomic E-state index is -0.581. The lowest BCUT2D eigenvalue weighted by Crippen LogP contribution is -2.58. The van der Waals surface area contributed by atoms with Gasteiger partial charge in [-0.25, -0.2) is 9.97 Å². The van der Waals surface area contributed by atoms with Gasteiger partial charge < -0.3 is 14.7 Å². The molecule has 1 N–H and O–H groups in total. The zero-order chi connectivity index (χ0) is 13.3. The Kier molecular flexibility index (Phi) is 3.20. The third-order valence-corrected chi connectivity index (χ3v) is 3.92. The molecule has 6 heteroatoms. The molecule has 2 saturated heterocycles. The number of amides is 1. The van der Waals surface area contributed by atoms with Crippen LogP contribution in [0.25, 0.3) is 0 Å². The lowest BCUT2D eigenvalue weighted by Gasteiger charge is -2.42. The molecule has 1 amide bonds. The molecule has 0 bridgehead atoms. The number of aliphatic hydroxyl groups is 1. The Hall–Kier alpha value is -1.53. The van der Waals surface area contributed by atoms with E-state index in [1.807, 2.05) is 0 Å². The van der Waals surface area contributed by atoms with Gasteiger partial charge in [-0.05, 0) is 25.3 Å². The zero-order valence-corrected chi connectivity index (χ0v) is 10.7. The number of piperidine rings is 1. The molecule has 3 heterocycles. The standard InChI is InChI=1S/C13H17N3O3/c17-10-3-7-16(9-13(10)4-1-8-19-13)12(18)11-14-5-2-6-15-11/h2,5-6,10,17H,1,3-4,7-9H2/t10-,13-/m0/s1. The van der Waals surface area contributed by atoms with Crippen LogP contribution in [-0.4, -0.2) is 57.3 Å². The predicted octanol–water partition coefficient (Wildman–Crippen LogP) is 0.233. The fourth-order valence-electron chi connectivity index (χ4n) is 2.88. The quantitative estimate of drug-likeness (QED) is 0.785. The maximum atomic E-state index is 12.3. The van der Waals surface area contributed by atoms with E-state index in [9.17, 15) is 9.90 Å². The van der Waals surface area contributed by atoms with Gasteiger partial charge in [0.15, 0.2) is 0 Å². The smallest absolute Gasteiger partial charge is 0.291 e. The minimum absolute atomic E-state index is 0.192. The van der Waals surface area contributed by atoms with E-state index in [0.717, 1.165) is 12.8 Å². The minimum Gasteiger partial charge on any atom is -0.390 e. The molecule has 1 aromatic rings. The fraction of sp³-hybridized carbons (Fsp3) is 0.615. The second-order valence-electron chi connectivity index (χ2n) is 5.12. The Morgan fingerprint density at radius 2 is 2.26 bits per heavy atom. The van der Waals surface area contributed by atoms with E-state index in [0.29, 0.717) is 26.1 Å². The van der Waals surface area contributed by atoms with E-state index in [1.54, 1.807) is 23.4 Å². The second kappa shape index (κ2) is 4.86. The van der Waals surface area contributed by atoms with Crippen LogP contribution in [0.3, 0.4) is 0 Å². The van der Waals surface area contributed by atoms with Gasteiger partial charge in [0, 0.05) is 25.5 Å². The summed E-state index contributed by atoms with van der Waals surface area (Å²) in [5.41, 5.74) is -0.581. The van der Waals surface area contributed by atoms with Crippen LogP contribution in [0.4, 0.5) is 0 Å². The van der Waals surface area contributed by atoms with Crippen molar-refractivity contribution in [3.05, 3.63) is 24.3 Å². The van der Waals surface area contributed by atoms with Crippen LogP contribution in [0.15, 0.2) is 18.5 Å². The SMILES string of the molecule is O=C(c1ncccn1)N1CC[C@H](O)[C@]2(CCCO2)C1. The lowest BCUT2D eigenvalue weighted by molar-refractivity contribution is -0.124. The summed E-state index contributed by atoms with van der Waals surface area (Å²) in [6.07, 6.45) is 4.89. The van der Waals surface area contributed by atoms with E-state index in [4.69, 9.17) is 4.74 Å². The van der Waals surface area contributed by atoms with E-state index >= 15 is 0 Å². The largest absolute Gasteiger partial charge is 0.390 e. The molecule has 1 aromatic heterocycles. The number of ether oxygens (including phenoxy) is 1. The summed E-state index contributed by atoms with van der Waals surface area (Å²) in [5.74, 6) is 0.00871. The molecule has 102 valence electrons. The van der Waals surface area contributed by atoms with Gasteiger partial charge in [-0.3, -0.25) is 4.79 Å². The summed E-state index contributed by atoms with van der Waals surface area (Å²) < 4.78 is 5.73. The average molecular weight is 263 g/mol. The normalized spacial score (nSPS) is 30.8. The van der Waals surface area contributed by atoms with Crippen LogP contribution >= 0.6 is 0 Å². The number of hydrogen-bond acceptors (Lipinski definition) is 5. The topological polar surface area (TPSA) is 75.6 Å². The third kappa shape index (κ3) is 2.21. The zero-order valence-electron chi connectivity index (χ0n) is 10.7. The van der Waals surface area contributed by atoms with Crippen molar-refractivity contribution in [2.75, 3.05) is 19.7 Å². The first kappa shape index (κ1) is 12.5. The first-order valence-electron chi connectivity index (χ1n) is 6.60. The first-order chi connectivity index (χ1) is 9.21. The Balaban J connectivity index is 1.77. The summed E-state index contributed by atoms with van der Waals surface area (Å²) in [6, 6.07) is 1.68. The van der Waals surface area contributed by atoms with Gasteiger partial charge in [0.2, 0.25) is 5.82 Å². The number of carbonyl (C=O) groups is 1. The molecule has 19 heavy (non-hydrogen) atoms. The molecule has 2 aliphatic heterocycles. The number of rotatable bonds is 1. The van der Waals surface area contributed by atoms with Crippen molar-refractivity contribution in [2.24, 2.45) is 0 Å². The summed E-state index contributed by atoms with van der Waals surface area (Å²) in [4.78, 5) is 22.0. The van der Waals surface area contributed by atoms with Crippen molar-refractivity contribution in [1.29, 1.82) is 0 Å². The number of carbonyl (C=O) groups excluding carboxylic acids is 1. The monoisotopic (exact) mass is 263 g/mol. The van der Waals surface area contributed by atoms with Crippen LogP contribution in [0.5, 0.6) is 0 Å². The van der Waals surface area contributed by atoms with E-state index < -0.39 is 11.7 Å². The Morgan fingerprint density at radius 3 is 2.95 bits per heavy atom. The van der Waals surface area contributed by atoms with Crippen LogP contribution in [0.1, 0.15) is 29.9 Å². The number of likely N-dealkylation sites (tertiary alicyclic amines) is 1. The third-order valence-electron chi connectivity index (χ3n) is 3.92. The molecular formula is C13H17N3O3. The highest BCUT2D eigenvalue weighted by atomic mass is 16.5. The number of aliphatic hydroxyl groups excluding tert-OH is 1. The van der Waals surface area contributed by atoms with Gasteiger partial charge in [0.25, 0.3) is 5.91 Å². The Morgan fingerprint density at radius 1 is 1.47 bits per heavy atom. The van der Waals surface area contributed by atoms with Gasteiger partial charge >= 0.3 is 0 Å². The van der Waals surface area contributed by atoms with Gasteiger partial charge in [-0.1, -0.05) is 0 Å². The van der Waals surface area contributed by atoms with Crippen molar-refractivity contribution in [3.63, 3.8) is 0 Å². The molecule has 0 radical (unpaired) electrons. The summed E-state index contributed by atoms with van der Waals surface area (Å²) in [5, 5.41) is 10.1. The number of hydrogen-bond donors (Lipinski definition) is 1. The molecule has 2 aliphatic rings. The summed E-state index contributed by atoms with van der Waals surface area (Å²) >= 11 is 0. The molecule has 3 rings (SSSR count). The van der Waals surface area contributed by atoms with Crippen LogP contribution in [0, 0.1) is 0 Å². The van der Waals surface area contributed by atoms with Crippen molar-refractivity contribution in [2.45, 2.75) is 31.0 Å². The van der Waals surface area contributed by atoms with Crippen molar-refractivity contribution in [3.8, 4) is 0 Å². The van der Waals surface area contributed by atoms with Crippen LogP contribution in [0.2, 0.25) is 0 Å². The van der Waals surface area contributed by atoms with E-state index in [2.05, 4.69) is 9.97 Å². The lowest BCUT2D eigenvalue weighted by atomic mass is 9.87. The molecule has 0 aliphatic carbocycles. The molecule has 0 unspecified atom stereocenters. The molecule has 0 saturated carbocycles. The molecule has 6 nitrogen and oxygen atoms in total. The van der Waals surface area contributed by atoms with Crippen molar-refractivity contribution < 1.29 is 14.6 Å².